The molecule has 0 radical (unpaired) electrons. The topological polar surface area (TPSA) is 50.8 Å². The summed E-state index contributed by atoms with van der Waals surface area (Å²) in [5.41, 5.74) is 2.96. The van der Waals surface area contributed by atoms with Crippen LogP contribution in [0.4, 0.5) is 5.69 Å². The first-order valence-corrected chi connectivity index (χ1v) is 8.84. The van der Waals surface area contributed by atoms with Crippen LogP contribution in [-0.4, -0.2) is 38.1 Å². The Balaban J connectivity index is 2.07. The number of rotatable bonds is 8. The molecule has 0 aliphatic rings. The van der Waals surface area contributed by atoms with Crippen LogP contribution in [0.2, 0.25) is 5.02 Å². The zero-order valence-corrected chi connectivity index (χ0v) is 16.4. The van der Waals surface area contributed by atoms with E-state index in [9.17, 15) is 4.79 Å². The first-order chi connectivity index (χ1) is 12.5. The number of halogens is 1. The first-order valence-electron chi connectivity index (χ1n) is 8.46. The van der Waals surface area contributed by atoms with E-state index in [2.05, 4.69) is 29.3 Å². The van der Waals surface area contributed by atoms with Gasteiger partial charge in [-0.1, -0.05) is 42.8 Å². The van der Waals surface area contributed by atoms with Gasteiger partial charge in [-0.25, -0.2) is 0 Å². The van der Waals surface area contributed by atoms with Crippen molar-refractivity contribution in [2.24, 2.45) is 0 Å². The Hall–Kier alpha value is -2.24. The van der Waals surface area contributed by atoms with Crippen molar-refractivity contribution in [2.75, 3.05) is 32.6 Å². The highest BCUT2D eigenvalue weighted by Gasteiger charge is 2.15. The lowest BCUT2D eigenvalue weighted by Gasteiger charge is -2.21. The average molecular weight is 377 g/mol. The zero-order valence-electron chi connectivity index (χ0n) is 15.6. The molecule has 2 rings (SSSR count). The average Bonchev–Trinajstić information content (AvgIpc) is 2.63. The van der Waals surface area contributed by atoms with Crippen molar-refractivity contribution in [3.8, 4) is 11.5 Å². The molecule has 0 atom stereocenters. The molecule has 0 aliphatic heterocycles. The lowest BCUT2D eigenvalue weighted by atomic mass is 10.1. The molecule has 0 fully saturated rings. The normalized spacial score (nSPS) is 10.7. The number of anilines is 1. The van der Waals surface area contributed by atoms with Crippen LogP contribution >= 0.6 is 11.6 Å². The van der Waals surface area contributed by atoms with Gasteiger partial charge in [0.05, 0.1) is 31.5 Å². The summed E-state index contributed by atoms with van der Waals surface area (Å²) in [4.78, 5) is 14.6. The van der Waals surface area contributed by atoms with Gasteiger partial charge in [0, 0.05) is 12.6 Å². The van der Waals surface area contributed by atoms with Gasteiger partial charge in [-0.15, -0.1) is 0 Å². The standard InChI is InChI=1S/C20H25ClN2O3/c1-5-23(12-15-9-7-6-8-14(15)2)13-20(24)22-17-10-16(21)18(25-3)11-19(17)26-4/h6-11H,5,12-13H2,1-4H3,(H,22,24). The number of methoxy groups -OCH3 is 2. The van der Waals surface area contributed by atoms with E-state index in [1.807, 2.05) is 19.1 Å². The van der Waals surface area contributed by atoms with Gasteiger partial charge in [0.25, 0.3) is 0 Å². The molecule has 0 heterocycles. The van der Waals surface area contributed by atoms with Gasteiger partial charge < -0.3 is 14.8 Å². The quantitative estimate of drug-likeness (QED) is 0.752. The highest BCUT2D eigenvalue weighted by atomic mass is 35.5. The molecule has 0 saturated heterocycles. The van der Waals surface area contributed by atoms with Crippen LogP contribution in [0.3, 0.4) is 0 Å². The molecule has 1 N–H and O–H groups in total. The van der Waals surface area contributed by atoms with Crippen molar-refractivity contribution in [3.05, 3.63) is 52.5 Å². The number of ether oxygens (including phenoxy) is 2. The van der Waals surface area contributed by atoms with Gasteiger partial charge in [-0.05, 0) is 30.7 Å². The Bertz CT molecular complexity index is 765. The third-order valence-electron chi connectivity index (χ3n) is 4.22. The molecule has 5 nitrogen and oxygen atoms in total. The summed E-state index contributed by atoms with van der Waals surface area (Å²) in [6.07, 6.45) is 0. The van der Waals surface area contributed by atoms with E-state index < -0.39 is 0 Å². The maximum Gasteiger partial charge on any atom is 0.238 e. The first kappa shape index (κ1) is 20.1. The summed E-state index contributed by atoms with van der Waals surface area (Å²) >= 11 is 6.16. The van der Waals surface area contributed by atoms with Gasteiger partial charge in [0.1, 0.15) is 11.5 Å². The van der Waals surface area contributed by atoms with Gasteiger partial charge >= 0.3 is 0 Å². The summed E-state index contributed by atoms with van der Waals surface area (Å²) in [6, 6.07) is 11.5. The molecule has 0 spiro atoms. The molecule has 6 heteroatoms. The van der Waals surface area contributed by atoms with Crippen LogP contribution in [0, 0.1) is 6.92 Å². The van der Waals surface area contributed by atoms with E-state index >= 15 is 0 Å². The van der Waals surface area contributed by atoms with Crippen LogP contribution in [0.15, 0.2) is 36.4 Å². The number of aryl methyl sites for hydroxylation is 1. The summed E-state index contributed by atoms with van der Waals surface area (Å²) in [7, 11) is 3.07. The number of benzene rings is 2. The number of carbonyl (C=O) groups excluding carboxylic acids is 1. The van der Waals surface area contributed by atoms with Crippen molar-refractivity contribution in [1.29, 1.82) is 0 Å². The maximum absolute atomic E-state index is 12.5. The van der Waals surface area contributed by atoms with E-state index in [0.717, 1.165) is 13.1 Å². The minimum Gasteiger partial charge on any atom is -0.495 e. The number of hydrogen-bond acceptors (Lipinski definition) is 4. The Morgan fingerprint density at radius 3 is 2.46 bits per heavy atom. The van der Waals surface area contributed by atoms with E-state index in [0.29, 0.717) is 22.2 Å². The molecule has 1 amide bonds. The molecule has 26 heavy (non-hydrogen) atoms. The highest BCUT2D eigenvalue weighted by Crippen LogP contribution is 2.35. The molecule has 0 saturated carbocycles. The summed E-state index contributed by atoms with van der Waals surface area (Å²) in [5, 5.41) is 3.29. The van der Waals surface area contributed by atoms with Crippen LogP contribution < -0.4 is 14.8 Å². The van der Waals surface area contributed by atoms with E-state index in [4.69, 9.17) is 21.1 Å². The fourth-order valence-electron chi connectivity index (χ4n) is 2.66. The van der Waals surface area contributed by atoms with Crippen LogP contribution in [0.25, 0.3) is 0 Å². The Morgan fingerprint density at radius 2 is 1.85 bits per heavy atom. The molecule has 2 aromatic carbocycles. The molecule has 2 aromatic rings. The van der Waals surface area contributed by atoms with Crippen molar-refractivity contribution < 1.29 is 14.3 Å². The number of likely N-dealkylation sites (N-methyl/N-ethyl adjacent to an activating group) is 1. The number of carbonyl (C=O) groups is 1. The van der Waals surface area contributed by atoms with Crippen LogP contribution in [0.1, 0.15) is 18.1 Å². The molecule has 0 bridgehead atoms. The van der Waals surface area contributed by atoms with E-state index in [1.165, 1.54) is 25.3 Å². The fraction of sp³-hybridized carbons (Fsp3) is 0.350. The minimum absolute atomic E-state index is 0.125. The van der Waals surface area contributed by atoms with Gasteiger partial charge in [-0.3, -0.25) is 9.69 Å². The second kappa shape index (κ2) is 9.46. The number of nitrogens with zero attached hydrogens (tertiary/aromatic N) is 1. The third-order valence-corrected chi connectivity index (χ3v) is 4.51. The Morgan fingerprint density at radius 1 is 1.15 bits per heavy atom. The van der Waals surface area contributed by atoms with Crippen LogP contribution in [-0.2, 0) is 11.3 Å². The van der Waals surface area contributed by atoms with Crippen molar-refractivity contribution >= 4 is 23.2 Å². The van der Waals surface area contributed by atoms with E-state index in [-0.39, 0.29) is 12.5 Å². The number of hydrogen-bond donors (Lipinski definition) is 1. The lowest BCUT2D eigenvalue weighted by molar-refractivity contribution is -0.117. The zero-order chi connectivity index (χ0) is 19.1. The SMILES string of the molecule is CCN(CC(=O)Nc1cc(Cl)c(OC)cc1OC)Cc1ccccc1C. The smallest absolute Gasteiger partial charge is 0.238 e. The van der Waals surface area contributed by atoms with Gasteiger partial charge in [0.2, 0.25) is 5.91 Å². The third kappa shape index (κ3) is 5.13. The molecule has 0 aromatic heterocycles. The second-order valence-corrected chi connectivity index (χ2v) is 6.37. The minimum atomic E-state index is -0.125. The van der Waals surface area contributed by atoms with Gasteiger partial charge in [-0.2, -0.15) is 0 Å². The van der Waals surface area contributed by atoms with Gasteiger partial charge in [0.15, 0.2) is 0 Å². The summed E-state index contributed by atoms with van der Waals surface area (Å²) in [6.45, 7) is 5.88. The monoisotopic (exact) mass is 376 g/mol. The second-order valence-electron chi connectivity index (χ2n) is 5.96. The van der Waals surface area contributed by atoms with E-state index in [1.54, 1.807) is 12.1 Å². The maximum atomic E-state index is 12.5. The van der Waals surface area contributed by atoms with Crippen molar-refractivity contribution in [2.45, 2.75) is 20.4 Å². The lowest BCUT2D eigenvalue weighted by Crippen LogP contribution is -2.33. The van der Waals surface area contributed by atoms with Crippen LogP contribution in [0.5, 0.6) is 11.5 Å². The molecule has 0 unspecified atom stereocenters. The molecular weight excluding hydrogens is 352 g/mol. The largest absolute Gasteiger partial charge is 0.495 e. The summed E-state index contributed by atoms with van der Waals surface area (Å²) in [5.74, 6) is 0.873. The molecule has 140 valence electrons. The predicted molar refractivity (Wildman–Crippen MR) is 105 cm³/mol. The number of nitrogens with one attached hydrogen (secondary N) is 1. The molecular formula is C20H25ClN2O3. The summed E-state index contributed by atoms with van der Waals surface area (Å²) < 4.78 is 10.5. The van der Waals surface area contributed by atoms with Crippen molar-refractivity contribution in [3.63, 3.8) is 0 Å². The van der Waals surface area contributed by atoms with Crippen molar-refractivity contribution in [1.82, 2.24) is 4.90 Å². The highest BCUT2D eigenvalue weighted by molar-refractivity contribution is 6.32. The predicted octanol–water partition coefficient (Wildman–Crippen LogP) is 4.13. The Kier molecular flexibility index (Phi) is 7.30. The molecule has 0 aliphatic carbocycles. The Labute approximate surface area is 159 Å². The fourth-order valence-corrected chi connectivity index (χ4v) is 2.90. The number of amides is 1.